The van der Waals surface area contributed by atoms with E-state index in [1.54, 1.807) is 0 Å². The molecule has 0 rings (SSSR count). The molecule has 0 radical (unpaired) electrons. The fourth-order valence-corrected chi connectivity index (χ4v) is 4.94. The lowest BCUT2D eigenvalue weighted by molar-refractivity contribution is -0.887. The van der Waals surface area contributed by atoms with Crippen LogP contribution in [0.2, 0.25) is 0 Å². The highest BCUT2D eigenvalue weighted by molar-refractivity contribution is 5.72. The SMILES string of the molecule is CC/C=C/C/C=C/C/C=C/C/C=C/C/C=C/C/C=C/CCC(=O)OC(COCCC(C(=O)O)[N+](C)(C)C)COC(=O)CCCCCCCCC. The Bertz CT molecular complexity index is 1050. The van der Waals surface area contributed by atoms with Gasteiger partial charge in [0.05, 0.1) is 34.4 Å². The third-order valence-corrected chi connectivity index (χ3v) is 7.88. The van der Waals surface area contributed by atoms with Gasteiger partial charge in [0, 0.05) is 19.3 Å². The number of carbonyl (C=O) groups excluding carboxylic acids is 2. The second-order valence-corrected chi connectivity index (χ2v) is 13.5. The lowest BCUT2D eigenvalue weighted by atomic mass is 10.1. The van der Waals surface area contributed by atoms with Crippen molar-refractivity contribution in [3.63, 3.8) is 0 Å². The maximum Gasteiger partial charge on any atom is 0.362 e. The molecule has 2 atom stereocenters. The highest BCUT2D eigenvalue weighted by atomic mass is 16.6. The van der Waals surface area contributed by atoms with Crippen molar-refractivity contribution >= 4 is 17.9 Å². The van der Waals surface area contributed by atoms with Crippen LogP contribution in [-0.4, -0.2) is 80.6 Å². The first-order chi connectivity index (χ1) is 24.1. The van der Waals surface area contributed by atoms with E-state index in [2.05, 4.69) is 74.6 Å². The minimum Gasteiger partial charge on any atom is -0.477 e. The summed E-state index contributed by atoms with van der Waals surface area (Å²) in [5.41, 5.74) is 0. The van der Waals surface area contributed by atoms with Gasteiger partial charge in [-0.05, 0) is 51.4 Å². The first kappa shape index (κ1) is 46.8. The van der Waals surface area contributed by atoms with Gasteiger partial charge in [-0.3, -0.25) is 9.59 Å². The molecule has 8 heteroatoms. The lowest BCUT2D eigenvalue weighted by Gasteiger charge is -2.31. The fourth-order valence-electron chi connectivity index (χ4n) is 4.94. The van der Waals surface area contributed by atoms with Gasteiger partial charge < -0.3 is 23.8 Å². The monoisotopic (exact) mass is 701 g/mol. The van der Waals surface area contributed by atoms with E-state index in [9.17, 15) is 19.5 Å². The molecule has 1 N–H and O–H groups in total. The number of likely N-dealkylation sites (N-methyl/N-ethyl adjacent to an activating group) is 1. The molecule has 0 saturated carbocycles. The van der Waals surface area contributed by atoms with Crippen LogP contribution in [0.1, 0.15) is 123 Å². The first-order valence-electron chi connectivity index (χ1n) is 19.0. The Morgan fingerprint density at radius 2 is 1.12 bits per heavy atom. The summed E-state index contributed by atoms with van der Waals surface area (Å²) < 4.78 is 17.0. The molecule has 0 fully saturated rings. The van der Waals surface area contributed by atoms with Crippen molar-refractivity contribution in [2.45, 2.75) is 135 Å². The smallest absolute Gasteiger partial charge is 0.362 e. The molecular formula is C42H70NO7+. The zero-order valence-electron chi connectivity index (χ0n) is 32.1. The third-order valence-electron chi connectivity index (χ3n) is 7.88. The summed E-state index contributed by atoms with van der Waals surface area (Å²) in [6, 6.07) is -0.628. The predicted octanol–water partition coefficient (Wildman–Crippen LogP) is 9.63. The van der Waals surface area contributed by atoms with Crippen molar-refractivity contribution in [3.8, 4) is 0 Å². The van der Waals surface area contributed by atoms with Crippen LogP contribution in [0.5, 0.6) is 0 Å². The molecule has 0 aliphatic carbocycles. The number of allylic oxidation sites excluding steroid dienone is 12. The Hall–Kier alpha value is -3.23. The van der Waals surface area contributed by atoms with Crippen LogP contribution in [0.25, 0.3) is 0 Å². The van der Waals surface area contributed by atoms with Crippen molar-refractivity contribution in [2.24, 2.45) is 0 Å². The van der Waals surface area contributed by atoms with Gasteiger partial charge in [-0.25, -0.2) is 4.79 Å². The van der Waals surface area contributed by atoms with Crippen LogP contribution in [0, 0.1) is 0 Å². The van der Waals surface area contributed by atoms with E-state index in [1.807, 2.05) is 33.3 Å². The maximum absolute atomic E-state index is 12.6. The summed E-state index contributed by atoms with van der Waals surface area (Å²) in [6.07, 6.45) is 39.8. The van der Waals surface area contributed by atoms with E-state index in [-0.39, 0.29) is 36.7 Å². The van der Waals surface area contributed by atoms with E-state index >= 15 is 0 Å². The Morgan fingerprint density at radius 3 is 1.62 bits per heavy atom. The summed E-state index contributed by atoms with van der Waals surface area (Å²) in [5.74, 6) is -1.60. The van der Waals surface area contributed by atoms with E-state index < -0.39 is 24.1 Å². The van der Waals surface area contributed by atoms with Crippen LogP contribution >= 0.6 is 0 Å². The Balaban J connectivity index is 4.52. The van der Waals surface area contributed by atoms with E-state index in [0.29, 0.717) is 19.3 Å². The van der Waals surface area contributed by atoms with Gasteiger partial charge in [0.1, 0.15) is 6.61 Å². The summed E-state index contributed by atoms with van der Waals surface area (Å²) in [4.78, 5) is 36.6. The molecule has 0 aromatic rings. The predicted molar refractivity (Wildman–Crippen MR) is 206 cm³/mol. The maximum atomic E-state index is 12.6. The quantitative estimate of drug-likeness (QED) is 0.0323. The Kier molecular flexibility index (Phi) is 30.8. The van der Waals surface area contributed by atoms with Gasteiger partial charge in [-0.15, -0.1) is 0 Å². The number of carboxylic acid groups (broad SMARTS) is 1. The average molecular weight is 701 g/mol. The number of aliphatic carboxylic acids is 1. The molecule has 8 nitrogen and oxygen atoms in total. The Morgan fingerprint density at radius 1 is 0.620 bits per heavy atom. The van der Waals surface area contributed by atoms with Gasteiger partial charge in [-0.2, -0.15) is 0 Å². The summed E-state index contributed by atoms with van der Waals surface area (Å²) in [7, 11) is 5.48. The second-order valence-electron chi connectivity index (χ2n) is 13.5. The molecule has 0 aromatic heterocycles. The fraction of sp³-hybridized carbons (Fsp3) is 0.643. The molecule has 0 aliphatic rings. The van der Waals surface area contributed by atoms with Gasteiger partial charge in [0.25, 0.3) is 0 Å². The molecule has 0 bridgehead atoms. The molecule has 0 aromatic carbocycles. The van der Waals surface area contributed by atoms with E-state index in [0.717, 1.165) is 57.8 Å². The number of rotatable bonds is 32. The number of quaternary nitrogens is 1. The van der Waals surface area contributed by atoms with E-state index in [4.69, 9.17) is 14.2 Å². The molecular weight excluding hydrogens is 630 g/mol. The van der Waals surface area contributed by atoms with Crippen LogP contribution in [0.4, 0.5) is 0 Å². The summed E-state index contributed by atoms with van der Waals surface area (Å²) in [6.45, 7) is 4.46. The van der Waals surface area contributed by atoms with Crippen LogP contribution in [-0.2, 0) is 28.6 Å². The summed E-state index contributed by atoms with van der Waals surface area (Å²) in [5, 5.41) is 9.56. The molecule has 0 heterocycles. The van der Waals surface area contributed by atoms with Gasteiger partial charge in [-0.1, -0.05) is 125 Å². The topological polar surface area (TPSA) is 99.1 Å². The van der Waals surface area contributed by atoms with Crippen molar-refractivity contribution in [3.05, 3.63) is 72.9 Å². The first-order valence-corrected chi connectivity index (χ1v) is 19.0. The molecule has 284 valence electrons. The van der Waals surface area contributed by atoms with Crippen molar-refractivity contribution in [1.29, 1.82) is 0 Å². The number of unbranched alkanes of at least 4 members (excludes halogenated alkanes) is 6. The third kappa shape index (κ3) is 30.8. The van der Waals surface area contributed by atoms with Gasteiger partial charge in [0.15, 0.2) is 12.1 Å². The van der Waals surface area contributed by atoms with E-state index in [1.165, 1.54) is 25.7 Å². The van der Waals surface area contributed by atoms with Gasteiger partial charge >= 0.3 is 17.9 Å². The molecule has 0 spiro atoms. The molecule has 50 heavy (non-hydrogen) atoms. The number of carbonyl (C=O) groups is 3. The number of nitrogens with zero attached hydrogens (tertiary/aromatic N) is 1. The largest absolute Gasteiger partial charge is 0.477 e. The molecule has 0 amide bonds. The molecule has 2 unspecified atom stereocenters. The zero-order chi connectivity index (χ0) is 37.1. The number of ether oxygens (including phenoxy) is 3. The number of hydrogen-bond acceptors (Lipinski definition) is 6. The minimum atomic E-state index is -0.891. The lowest BCUT2D eigenvalue weighted by Crippen LogP contribution is -2.50. The Labute approximate surface area is 304 Å². The number of esters is 2. The average Bonchev–Trinajstić information content (AvgIpc) is 3.06. The highest BCUT2D eigenvalue weighted by Gasteiger charge is 2.31. The van der Waals surface area contributed by atoms with Crippen LogP contribution in [0.3, 0.4) is 0 Å². The zero-order valence-corrected chi connectivity index (χ0v) is 32.1. The molecule has 0 saturated heterocycles. The van der Waals surface area contributed by atoms with Crippen LogP contribution < -0.4 is 0 Å². The second kappa shape index (κ2) is 32.9. The van der Waals surface area contributed by atoms with Crippen molar-refractivity contribution in [1.82, 2.24) is 0 Å². The minimum absolute atomic E-state index is 0.0276. The standard InChI is InChI=1S/C42H69NO7/c1-6-8-10-12-14-15-16-17-18-19-20-21-22-23-24-25-27-29-31-33-41(45)50-38(36-48-35-34-39(42(46)47)43(3,4)5)37-49-40(44)32-30-28-26-13-11-9-7-2/h8,10,14-15,17-18,20-21,23-24,27,29,38-39H,6-7,9,11-13,16,19,22,25-26,28,30-37H2,1-5H3/p+1/b10-8+,15-14+,18-17+,21-20+,24-23+,29-27+. The van der Waals surface area contributed by atoms with Gasteiger partial charge in [0.2, 0.25) is 0 Å². The van der Waals surface area contributed by atoms with Crippen molar-refractivity contribution in [2.75, 3.05) is 41.0 Å². The highest BCUT2D eigenvalue weighted by Crippen LogP contribution is 2.11. The molecule has 0 aliphatic heterocycles. The normalized spacial score (nSPS) is 13.9. The summed E-state index contributed by atoms with van der Waals surface area (Å²) >= 11 is 0. The van der Waals surface area contributed by atoms with Crippen molar-refractivity contribution < 1.29 is 38.2 Å². The number of hydrogen-bond donors (Lipinski definition) is 1. The van der Waals surface area contributed by atoms with Crippen LogP contribution in [0.15, 0.2) is 72.9 Å². The number of carboxylic acids is 1.